The van der Waals surface area contributed by atoms with Crippen LogP contribution < -0.4 is 10.6 Å². The van der Waals surface area contributed by atoms with Gasteiger partial charge in [-0.1, -0.05) is 13.8 Å². The molecule has 1 unspecified atom stereocenters. The SMILES string of the molecule is CC(C)NCCCC(=O)NC1CCSC1. The van der Waals surface area contributed by atoms with Gasteiger partial charge in [-0.2, -0.15) is 11.8 Å². The van der Waals surface area contributed by atoms with Crippen molar-refractivity contribution < 1.29 is 4.79 Å². The van der Waals surface area contributed by atoms with E-state index in [0.29, 0.717) is 18.5 Å². The van der Waals surface area contributed by atoms with Crippen LogP contribution in [0.4, 0.5) is 0 Å². The van der Waals surface area contributed by atoms with Crippen LogP contribution in [0.5, 0.6) is 0 Å². The van der Waals surface area contributed by atoms with Crippen LogP contribution in [-0.2, 0) is 4.79 Å². The molecule has 1 saturated heterocycles. The average molecular weight is 230 g/mol. The number of hydrogen-bond donors (Lipinski definition) is 2. The number of amides is 1. The van der Waals surface area contributed by atoms with Crippen molar-refractivity contribution in [2.75, 3.05) is 18.1 Å². The molecule has 1 amide bonds. The topological polar surface area (TPSA) is 41.1 Å². The maximum Gasteiger partial charge on any atom is 0.220 e. The van der Waals surface area contributed by atoms with E-state index < -0.39 is 0 Å². The van der Waals surface area contributed by atoms with Crippen molar-refractivity contribution >= 4 is 17.7 Å². The molecular weight excluding hydrogens is 208 g/mol. The number of nitrogens with one attached hydrogen (secondary N) is 2. The molecular formula is C11H22N2OS. The lowest BCUT2D eigenvalue weighted by Gasteiger charge is -2.11. The van der Waals surface area contributed by atoms with Crippen LogP contribution in [-0.4, -0.2) is 36.0 Å². The van der Waals surface area contributed by atoms with Crippen molar-refractivity contribution in [3.05, 3.63) is 0 Å². The predicted octanol–water partition coefficient (Wildman–Crippen LogP) is 1.39. The van der Waals surface area contributed by atoms with Gasteiger partial charge >= 0.3 is 0 Å². The molecule has 1 fully saturated rings. The van der Waals surface area contributed by atoms with Gasteiger partial charge in [-0.05, 0) is 25.1 Å². The first-order valence-corrected chi connectivity index (χ1v) is 6.94. The molecule has 1 aliphatic rings. The number of rotatable bonds is 6. The zero-order chi connectivity index (χ0) is 11.1. The Balaban J connectivity index is 1.98. The quantitative estimate of drug-likeness (QED) is 0.678. The number of hydrogen-bond acceptors (Lipinski definition) is 3. The molecule has 0 aromatic carbocycles. The average Bonchev–Trinajstić information content (AvgIpc) is 2.64. The van der Waals surface area contributed by atoms with E-state index in [1.807, 2.05) is 11.8 Å². The van der Waals surface area contributed by atoms with E-state index >= 15 is 0 Å². The van der Waals surface area contributed by atoms with Crippen molar-refractivity contribution in [2.24, 2.45) is 0 Å². The molecule has 88 valence electrons. The summed E-state index contributed by atoms with van der Waals surface area (Å²) in [5.74, 6) is 2.50. The molecule has 1 heterocycles. The lowest BCUT2D eigenvalue weighted by Crippen LogP contribution is -2.35. The van der Waals surface area contributed by atoms with E-state index in [1.54, 1.807) is 0 Å². The zero-order valence-electron chi connectivity index (χ0n) is 9.71. The van der Waals surface area contributed by atoms with Gasteiger partial charge in [0, 0.05) is 24.3 Å². The van der Waals surface area contributed by atoms with Crippen molar-refractivity contribution in [1.82, 2.24) is 10.6 Å². The van der Waals surface area contributed by atoms with Crippen molar-refractivity contribution in [2.45, 2.75) is 45.2 Å². The van der Waals surface area contributed by atoms with Gasteiger partial charge in [0.1, 0.15) is 0 Å². The fourth-order valence-corrected chi connectivity index (χ4v) is 2.74. The Bertz CT molecular complexity index is 191. The Labute approximate surface area is 96.8 Å². The summed E-state index contributed by atoms with van der Waals surface area (Å²) in [5.41, 5.74) is 0. The van der Waals surface area contributed by atoms with Crippen LogP contribution in [0, 0.1) is 0 Å². The summed E-state index contributed by atoms with van der Waals surface area (Å²) in [4.78, 5) is 11.5. The molecule has 3 nitrogen and oxygen atoms in total. The molecule has 0 saturated carbocycles. The van der Waals surface area contributed by atoms with Crippen LogP contribution in [0.3, 0.4) is 0 Å². The molecule has 4 heteroatoms. The van der Waals surface area contributed by atoms with E-state index in [1.165, 1.54) is 5.75 Å². The molecule has 1 atom stereocenters. The highest BCUT2D eigenvalue weighted by Gasteiger charge is 2.16. The molecule has 0 aliphatic carbocycles. The lowest BCUT2D eigenvalue weighted by molar-refractivity contribution is -0.121. The summed E-state index contributed by atoms with van der Waals surface area (Å²) in [7, 11) is 0. The first kappa shape index (κ1) is 12.8. The highest BCUT2D eigenvalue weighted by Crippen LogP contribution is 2.16. The Morgan fingerprint density at radius 2 is 2.33 bits per heavy atom. The van der Waals surface area contributed by atoms with E-state index in [-0.39, 0.29) is 5.91 Å². The standard InChI is InChI=1S/C11H22N2OS/c1-9(2)12-6-3-4-11(14)13-10-5-7-15-8-10/h9-10,12H,3-8H2,1-2H3,(H,13,14). The van der Waals surface area contributed by atoms with Crippen LogP contribution in [0.2, 0.25) is 0 Å². The van der Waals surface area contributed by atoms with Crippen LogP contribution in [0.15, 0.2) is 0 Å². The normalized spacial score (nSPS) is 20.9. The zero-order valence-corrected chi connectivity index (χ0v) is 10.5. The second-order valence-corrected chi connectivity index (χ2v) is 5.49. The summed E-state index contributed by atoms with van der Waals surface area (Å²) in [6.45, 7) is 5.18. The second-order valence-electron chi connectivity index (χ2n) is 4.34. The minimum atomic E-state index is 0.216. The minimum absolute atomic E-state index is 0.216. The van der Waals surface area contributed by atoms with Crippen molar-refractivity contribution in [3.63, 3.8) is 0 Å². The number of carbonyl (C=O) groups excluding carboxylic acids is 1. The van der Waals surface area contributed by atoms with Gasteiger partial charge < -0.3 is 10.6 Å². The summed E-state index contributed by atoms with van der Waals surface area (Å²) >= 11 is 1.93. The third-order valence-electron chi connectivity index (χ3n) is 2.43. The Hall–Kier alpha value is -0.220. The third kappa shape index (κ3) is 6.05. The van der Waals surface area contributed by atoms with E-state index in [2.05, 4.69) is 24.5 Å². The predicted molar refractivity (Wildman–Crippen MR) is 66.2 cm³/mol. The molecule has 0 aromatic heterocycles. The fraction of sp³-hybridized carbons (Fsp3) is 0.909. The maximum absolute atomic E-state index is 11.5. The monoisotopic (exact) mass is 230 g/mol. The first-order valence-electron chi connectivity index (χ1n) is 5.79. The molecule has 0 bridgehead atoms. The summed E-state index contributed by atoms with van der Waals surface area (Å²) in [6, 6.07) is 0.944. The summed E-state index contributed by atoms with van der Waals surface area (Å²) < 4.78 is 0. The van der Waals surface area contributed by atoms with Gasteiger partial charge in [0.15, 0.2) is 0 Å². The Morgan fingerprint density at radius 1 is 1.53 bits per heavy atom. The number of carbonyl (C=O) groups is 1. The minimum Gasteiger partial charge on any atom is -0.353 e. The molecule has 0 aromatic rings. The highest BCUT2D eigenvalue weighted by atomic mass is 32.2. The molecule has 1 aliphatic heterocycles. The molecule has 2 N–H and O–H groups in total. The smallest absolute Gasteiger partial charge is 0.220 e. The third-order valence-corrected chi connectivity index (χ3v) is 3.59. The second kappa shape index (κ2) is 7.12. The summed E-state index contributed by atoms with van der Waals surface area (Å²) in [6.07, 6.45) is 2.73. The molecule has 0 spiro atoms. The lowest BCUT2D eigenvalue weighted by atomic mass is 10.2. The Kier molecular flexibility index (Phi) is 6.10. The van der Waals surface area contributed by atoms with Gasteiger partial charge in [0.25, 0.3) is 0 Å². The van der Waals surface area contributed by atoms with Gasteiger partial charge in [-0.15, -0.1) is 0 Å². The molecule has 1 rings (SSSR count). The maximum atomic E-state index is 11.5. The fourth-order valence-electron chi connectivity index (χ4n) is 1.59. The van der Waals surface area contributed by atoms with E-state index in [9.17, 15) is 4.79 Å². The summed E-state index contributed by atoms with van der Waals surface area (Å²) in [5, 5.41) is 6.39. The van der Waals surface area contributed by atoms with E-state index in [4.69, 9.17) is 0 Å². The molecule has 0 radical (unpaired) electrons. The molecule has 15 heavy (non-hydrogen) atoms. The van der Waals surface area contributed by atoms with Crippen molar-refractivity contribution in [1.29, 1.82) is 0 Å². The largest absolute Gasteiger partial charge is 0.353 e. The first-order chi connectivity index (χ1) is 7.18. The van der Waals surface area contributed by atoms with E-state index in [0.717, 1.165) is 25.1 Å². The highest BCUT2D eigenvalue weighted by molar-refractivity contribution is 7.99. The van der Waals surface area contributed by atoms with Crippen LogP contribution in [0.1, 0.15) is 33.1 Å². The Morgan fingerprint density at radius 3 is 2.93 bits per heavy atom. The van der Waals surface area contributed by atoms with Gasteiger partial charge in [0.2, 0.25) is 5.91 Å². The van der Waals surface area contributed by atoms with Crippen LogP contribution >= 0.6 is 11.8 Å². The van der Waals surface area contributed by atoms with Crippen molar-refractivity contribution in [3.8, 4) is 0 Å². The van der Waals surface area contributed by atoms with Gasteiger partial charge in [0.05, 0.1) is 0 Å². The number of thioether (sulfide) groups is 1. The van der Waals surface area contributed by atoms with Gasteiger partial charge in [-0.3, -0.25) is 4.79 Å². The van der Waals surface area contributed by atoms with Gasteiger partial charge in [-0.25, -0.2) is 0 Å². The van der Waals surface area contributed by atoms with Crippen LogP contribution in [0.25, 0.3) is 0 Å².